The van der Waals surface area contributed by atoms with Crippen LogP contribution in [0.15, 0.2) is 6.08 Å². The van der Waals surface area contributed by atoms with E-state index < -0.39 is 5.97 Å². The fourth-order valence-corrected chi connectivity index (χ4v) is 4.08. The van der Waals surface area contributed by atoms with Crippen LogP contribution in [0.4, 0.5) is 0 Å². The molecule has 1 aliphatic rings. The molecule has 1 atom stereocenters. The molecule has 0 aromatic carbocycles. The van der Waals surface area contributed by atoms with Gasteiger partial charge in [0.25, 0.3) is 0 Å². The average molecular weight is 276 g/mol. The number of hydrogen-bond donors (Lipinski definition) is 1. The van der Waals surface area contributed by atoms with Gasteiger partial charge in [-0.1, -0.05) is 6.92 Å². The van der Waals surface area contributed by atoms with E-state index in [1.165, 1.54) is 23.1 Å². The van der Waals surface area contributed by atoms with Crippen LogP contribution in [0.2, 0.25) is 0 Å². The number of carboxylic acids is 1. The molecule has 0 fully saturated rings. The summed E-state index contributed by atoms with van der Waals surface area (Å²) in [5.41, 5.74) is 3.12. The molecule has 1 unspecified atom stereocenters. The van der Waals surface area contributed by atoms with Crippen molar-refractivity contribution in [1.29, 1.82) is 0 Å². The Labute approximate surface area is 115 Å². The van der Waals surface area contributed by atoms with Gasteiger partial charge in [-0.25, -0.2) is 9.78 Å². The van der Waals surface area contributed by atoms with Gasteiger partial charge >= 0.3 is 5.97 Å². The highest BCUT2D eigenvalue weighted by molar-refractivity contribution is 7.17. The van der Waals surface area contributed by atoms with Crippen molar-refractivity contribution in [2.75, 3.05) is 0 Å². The zero-order chi connectivity index (χ0) is 13.6. The molecule has 100 valence electrons. The minimum absolute atomic E-state index is 0.731. The SMILES string of the molecule is Cc1nc2sc3c(n2c1/C=C/C(=O)O)CCC(C)C3. The van der Waals surface area contributed by atoms with Crippen LogP contribution in [0.1, 0.15) is 35.3 Å². The lowest BCUT2D eigenvalue weighted by molar-refractivity contribution is -0.131. The Morgan fingerprint density at radius 1 is 1.58 bits per heavy atom. The standard InChI is InChI=1S/C14H16N2O2S/c1-8-3-4-11-12(7-8)19-14-15-9(2)10(16(11)14)5-6-13(17)18/h5-6,8H,3-4,7H2,1-2H3,(H,17,18)/b6-5+. The highest BCUT2D eigenvalue weighted by Gasteiger charge is 2.23. The number of aryl methyl sites for hydroxylation is 2. The van der Waals surface area contributed by atoms with Crippen LogP contribution >= 0.6 is 11.3 Å². The molecule has 0 radical (unpaired) electrons. The van der Waals surface area contributed by atoms with Gasteiger partial charge in [0.05, 0.1) is 11.4 Å². The maximum Gasteiger partial charge on any atom is 0.328 e. The Hall–Kier alpha value is -1.62. The maximum atomic E-state index is 10.7. The molecule has 0 spiro atoms. The second-order valence-corrected chi connectivity index (χ2v) is 6.25. The van der Waals surface area contributed by atoms with Gasteiger partial charge in [0, 0.05) is 16.6 Å². The van der Waals surface area contributed by atoms with Crippen LogP contribution in [0, 0.1) is 12.8 Å². The molecule has 0 amide bonds. The summed E-state index contributed by atoms with van der Waals surface area (Å²) in [6.07, 6.45) is 6.21. The summed E-state index contributed by atoms with van der Waals surface area (Å²) < 4.78 is 2.14. The van der Waals surface area contributed by atoms with Gasteiger partial charge in [-0.2, -0.15) is 0 Å². The van der Waals surface area contributed by atoms with Crippen molar-refractivity contribution in [3.8, 4) is 0 Å². The van der Waals surface area contributed by atoms with Gasteiger partial charge in [-0.15, -0.1) is 11.3 Å². The summed E-state index contributed by atoms with van der Waals surface area (Å²) in [4.78, 5) is 17.7. The molecule has 0 saturated carbocycles. The molecular weight excluding hydrogens is 260 g/mol. The van der Waals surface area contributed by atoms with Crippen molar-refractivity contribution < 1.29 is 9.90 Å². The largest absolute Gasteiger partial charge is 0.478 e. The molecule has 4 nitrogen and oxygen atoms in total. The number of imidazole rings is 1. The van der Waals surface area contributed by atoms with Crippen molar-refractivity contribution in [3.63, 3.8) is 0 Å². The predicted octanol–water partition coefficient (Wildman–Crippen LogP) is 2.93. The Bertz CT molecular complexity index is 681. The fourth-order valence-electron chi connectivity index (χ4n) is 2.70. The van der Waals surface area contributed by atoms with E-state index >= 15 is 0 Å². The van der Waals surface area contributed by atoms with Gasteiger partial charge < -0.3 is 5.11 Å². The second-order valence-electron chi connectivity index (χ2n) is 5.19. The molecule has 0 aliphatic heterocycles. The monoisotopic (exact) mass is 276 g/mol. The topological polar surface area (TPSA) is 54.6 Å². The van der Waals surface area contributed by atoms with E-state index in [1.807, 2.05) is 6.92 Å². The van der Waals surface area contributed by atoms with Gasteiger partial charge in [-0.3, -0.25) is 4.40 Å². The normalized spacial score (nSPS) is 19.2. The summed E-state index contributed by atoms with van der Waals surface area (Å²) in [5, 5.41) is 8.79. The predicted molar refractivity (Wildman–Crippen MR) is 75.7 cm³/mol. The Balaban J connectivity index is 2.16. The maximum absolute atomic E-state index is 10.7. The van der Waals surface area contributed by atoms with E-state index in [0.717, 1.165) is 35.1 Å². The zero-order valence-electron chi connectivity index (χ0n) is 11.0. The number of aliphatic carboxylic acids is 1. The van der Waals surface area contributed by atoms with Crippen LogP contribution in [-0.2, 0) is 17.6 Å². The summed E-state index contributed by atoms with van der Waals surface area (Å²) in [7, 11) is 0. The van der Waals surface area contributed by atoms with E-state index in [1.54, 1.807) is 17.4 Å². The van der Waals surface area contributed by atoms with Crippen LogP contribution in [0.5, 0.6) is 0 Å². The van der Waals surface area contributed by atoms with Gasteiger partial charge in [0.2, 0.25) is 0 Å². The molecule has 2 aromatic rings. The van der Waals surface area contributed by atoms with Crippen LogP contribution in [0.25, 0.3) is 11.0 Å². The summed E-state index contributed by atoms with van der Waals surface area (Å²) in [6.45, 7) is 4.21. The lowest BCUT2D eigenvalue weighted by Gasteiger charge is -2.17. The smallest absolute Gasteiger partial charge is 0.328 e. The minimum atomic E-state index is -0.924. The highest BCUT2D eigenvalue weighted by Crippen LogP contribution is 2.34. The molecule has 2 aromatic heterocycles. The molecule has 1 N–H and O–H groups in total. The van der Waals surface area contributed by atoms with Crippen molar-refractivity contribution in [3.05, 3.63) is 28.0 Å². The molecule has 1 aliphatic carbocycles. The number of rotatable bonds is 2. The third kappa shape index (κ3) is 2.08. The molecule has 0 bridgehead atoms. The Kier molecular flexibility index (Phi) is 2.93. The lowest BCUT2D eigenvalue weighted by atomic mass is 9.93. The summed E-state index contributed by atoms with van der Waals surface area (Å²) >= 11 is 1.74. The first-order chi connectivity index (χ1) is 9.06. The summed E-state index contributed by atoms with van der Waals surface area (Å²) in [5.74, 6) is -0.193. The van der Waals surface area contributed by atoms with Crippen molar-refractivity contribution in [1.82, 2.24) is 9.38 Å². The van der Waals surface area contributed by atoms with E-state index in [9.17, 15) is 4.79 Å². The first-order valence-corrected chi connectivity index (χ1v) is 7.28. The van der Waals surface area contributed by atoms with E-state index in [0.29, 0.717) is 0 Å². The molecule has 0 saturated heterocycles. The molecular formula is C14H16N2O2S. The molecule has 2 heterocycles. The van der Waals surface area contributed by atoms with E-state index in [-0.39, 0.29) is 0 Å². The first-order valence-electron chi connectivity index (χ1n) is 6.47. The minimum Gasteiger partial charge on any atom is -0.478 e. The molecule has 5 heteroatoms. The van der Waals surface area contributed by atoms with Crippen LogP contribution < -0.4 is 0 Å². The van der Waals surface area contributed by atoms with Crippen molar-refractivity contribution in [2.24, 2.45) is 5.92 Å². The summed E-state index contributed by atoms with van der Waals surface area (Å²) in [6, 6.07) is 0. The Morgan fingerprint density at radius 3 is 3.11 bits per heavy atom. The first kappa shape index (κ1) is 12.4. The van der Waals surface area contributed by atoms with Gasteiger partial charge in [-0.05, 0) is 38.2 Å². The number of carbonyl (C=O) groups is 1. The van der Waals surface area contributed by atoms with E-state index in [2.05, 4.69) is 16.3 Å². The van der Waals surface area contributed by atoms with Crippen LogP contribution in [-0.4, -0.2) is 20.5 Å². The van der Waals surface area contributed by atoms with E-state index in [4.69, 9.17) is 5.11 Å². The third-order valence-corrected chi connectivity index (χ3v) is 4.77. The molecule has 19 heavy (non-hydrogen) atoms. The van der Waals surface area contributed by atoms with Gasteiger partial charge in [0.1, 0.15) is 0 Å². The molecule has 3 rings (SSSR count). The number of aromatic nitrogens is 2. The number of nitrogens with zero attached hydrogens (tertiary/aromatic N) is 2. The number of thiazole rings is 1. The Morgan fingerprint density at radius 2 is 2.37 bits per heavy atom. The fraction of sp³-hybridized carbons (Fsp3) is 0.429. The highest BCUT2D eigenvalue weighted by atomic mass is 32.1. The second kappa shape index (κ2) is 4.49. The zero-order valence-corrected chi connectivity index (χ0v) is 11.8. The van der Waals surface area contributed by atoms with Gasteiger partial charge in [0.15, 0.2) is 4.96 Å². The quantitative estimate of drug-likeness (QED) is 0.858. The average Bonchev–Trinajstić information content (AvgIpc) is 2.80. The lowest BCUT2D eigenvalue weighted by Crippen LogP contribution is -2.11. The number of hydrogen-bond acceptors (Lipinski definition) is 3. The number of carboxylic acid groups (broad SMARTS) is 1. The third-order valence-electron chi connectivity index (χ3n) is 3.66. The van der Waals surface area contributed by atoms with Crippen molar-refractivity contribution in [2.45, 2.75) is 33.1 Å². The van der Waals surface area contributed by atoms with Crippen LogP contribution in [0.3, 0.4) is 0 Å². The number of fused-ring (bicyclic) bond motifs is 3. The van der Waals surface area contributed by atoms with Crippen molar-refractivity contribution >= 4 is 28.3 Å².